The Kier molecular flexibility index (Phi) is 1.78. The van der Waals surface area contributed by atoms with Gasteiger partial charge in [0, 0.05) is 6.42 Å². The lowest BCUT2D eigenvalue weighted by Crippen LogP contribution is -1.92. The second-order valence-corrected chi connectivity index (χ2v) is 3.00. The predicted octanol–water partition coefficient (Wildman–Crippen LogP) is 2.22. The molecule has 0 saturated carbocycles. The third kappa shape index (κ3) is 1.30. The Morgan fingerprint density at radius 1 is 1.00 bits per heavy atom. The molecule has 1 aromatic carbocycles. The van der Waals surface area contributed by atoms with Crippen LogP contribution in [-0.4, -0.2) is 5.78 Å². The molecule has 1 aliphatic rings. The van der Waals surface area contributed by atoms with E-state index in [4.69, 9.17) is 0 Å². The molecule has 0 N–H and O–H groups in total. The lowest BCUT2D eigenvalue weighted by Gasteiger charge is -2.00. The molecule has 0 aromatic heterocycles. The van der Waals surface area contributed by atoms with E-state index in [0.717, 1.165) is 6.42 Å². The van der Waals surface area contributed by atoms with Gasteiger partial charge in [0.1, 0.15) is 0 Å². The maximum atomic E-state index is 11.1. The maximum Gasteiger partial charge on any atom is 0.156 e. The van der Waals surface area contributed by atoms with Crippen LogP contribution in [0.15, 0.2) is 30.3 Å². The predicted molar refractivity (Wildman–Crippen MR) is 48.8 cm³/mol. The highest BCUT2D eigenvalue weighted by molar-refractivity contribution is 5.94. The van der Waals surface area contributed by atoms with Gasteiger partial charge in [0.25, 0.3) is 0 Å². The van der Waals surface area contributed by atoms with Gasteiger partial charge in [0.15, 0.2) is 5.78 Å². The Balaban J connectivity index is 2.45. The van der Waals surface area contributed by atoms with E-state index in [1.54, 1.807) is 6.08 Å². The van der Waals surface area contributed by atoms with E-state index >= 15 is 0 Å². The highest BCUT2D eigenvalue weighted by Crippen LogP contribution is 2.16. The Morgan fingerprint density at radius 2 is 1.83 bits per heavy atom. The molecule has 1 heteroatoms. The average molecular weight is 158 g/mol. The van der Waals surface area contributed by atoms with E-state index in [9.17, 15) is 4.79 Å². The summed E-state index contributed by atoms with van der Waals surface area (Å²) >= 11 is 0. The Morgan fingerprint density at radius 3 is 2.75 bits per heavy atom. The van der Waals surface area contributed by atoms with Crippen molar-refractivity contribution >= 4 is 11.9 Å². The van der Waals surface area contributed by atoms with Crippen molar-refractivity contribution in [2.75, 3.05) is 0 Å². The van der Waals surface area contributed by atoms with Crippen molar-refractivity contribution in [1.82, 2.24) is 0 Å². The Bertz CT molecular complexity index is 337. The number of benzene rings is 1. The lowest BCUT2D eigenvalue weighted by molar-refractivity contribution is -0.114. The van der Waals surface area contributed by atoms with E-state index in [1.165, 1.54) is 11.1 Å². The minimum Gasteiger partial charge on any atom is -0.295 e. The smallest absolute Gasteiger partial charge is 0.156 e. The zero-order chi connectivity index (χ0) is 8.39. The summed E-state index contributed by atoms with van der Waals surface area (Å²) in [5.74, 6) is 0.228. The fourth-order valence-corrected chi connectivity index (χ4v) is 1.45. The molecule has 2 rings (SSSR count). The molecule has 0 unspecified atom stereocenters. The minimum absolute atomic E-state index is 0.228. The van der Waals surface area contributed by atoms with Gasteiger partial charge in [-0.05, 0) is 23.6 Å². The first-order valence-electron chi connectivity index (χ1n) is 4.15. The van der Waals surface area contributed by atoms with Gasteiger partial charge in [-0.1, -0.05) is 30.3 Å². The van der Waals surface area contributed by atoms with Crippen LogP contribution in [0, 0.1) is 0 Å². The molecule has 0 saturated heterocycles. The number of fused-ring (bicyclic) bond motifs is 1. The van der Waals surface area contributed by atoms with Crippen LogP contribution in [0.3, 0.4) is 0 Å². The summed E-state index contributed by atoms with van der Waals surface area (Å²) in [4.78, 5) is 11.1. The first-order chi connectivity index (χ1) is 5.86. The SMILES string of the molecule is O=C1C=Cc2ccccc2CC1. The van der Waals surface area contributed by atoms with E-state index < -0.39 is 0 Å². The minimum atomic E-state index is 0.228. The van der Waals surface area contributed by atoms with Crippen LogP contribution in [0.25, 0.3) is 6.08 Å². The topological polar surface area (TPSA) is 17.1 Å². The summed E-state index contributed by atoms with van der Waals surface area (Å²) in [6.07, 6.45) is 5.10. The van der Waals surface area contributed by atoms with Crippen molar-refractivity contribution in [1.29, 1.82) is 0 Å². The van der Waals surface area contributed by atoms with E-state index in [1.807, 2.05) is 24.3 Å². The summed E-state index contributed by atoms with van der Waals surface area (Å²) in [6.45, 7) is 0. The van der Waals surface area contributed by atoms with Crippen molar-refractivity contribution < 1.29 is 4.79 Å². The van der Waals surface area contributed by atoms with Gasteiger partial charge < -0.3 is 0 Å². The standard InChI is InChI=1S/C11H10O/c12-11-7-5-9-3-1-2-4-10(9)6-8-11/h1-5,7H,6,8H2. The molecule has 1 aromatic rings. The van der Waals surface area contributed by atoms with Crippen LogP contribution >= 0.6 is 0 Å². The molecule has 0 heterocycles. The number of ketones is 1. The fraction of sp³-hybridized carbons (Fsp3) is 0.182. The zero-order valence-corrected chi connectivity index (χ0v) is 6.79. The van der Waals surface area contributed by atoms with Crippen molar-refractivity contribution in [2.24, 2.45) is 0 Å². The number of rotatable bonds is 0. The number of hydrogen-bond acceptors (Lipinski definition) is 1. The first-order valence-corrected chi connectivity index (χ1v) is 4.15. The highest BCUT2D eigenvalue weighted by atomic mass is 16.1. The van der Waals surface area contributed by atoms with Gasteiger partial charge in [0.2, 0.25) is 0 Å². The van der Waals surface area contributed by atoms with Gasteiger partial charge in [-0.2, -0.15) is 0 Å². The van der Waals surface area contributed by atoms with Crippen LogP contribution in [0.2, 0.25) is 0 Å². The quantitative estimate of drug-likeness (QED) is 0.565. The van der Waals surface area contributed by atoms with Crippen molar-refractivity contribution in [3.8, 4) is 0 Å². The summed E-state index contributed by atoms with van der Waals surface area (Å²) in [5, 5.41) is 0. The molecule has 0 bridgehead atoms. The average Bonchev–Trinajstić information content (AvgIpc) is 2.29. The summed E-state index contributed by atoms with van der Waals surface area (Å²) < 4.78 is 0. The van der Waals surface area contributed by atoms with Crippen LogP contribution in [0.4, 0.5) is 0 Å². The third-order valence-electron chi connectivity index (χ3n) is 2.14. The summed E-state index contributed by atoms with van der Waals surface area (Å²) in [6, 6.07) is 8.14. The molecule has 0 fully saturated rings. The van der Waals surface area contributed by atoms with Gasteiger partial charge in [0.05, 0.1) is 0 Å². The van der Waals surface area contributed by atoms with Gasteiger partial charge >= 0.3 is 0 Å². The maximum absolute atomic E-state index is 11.1. The molecule has 0 atom stereocenters. The van der Waals surface area contributed by atoms with Crippen LogP contribution in [0.1, 0.15) is 17.5 Å². The van der Waals surface area contributed by atoms with E-state index in [0.29, 0.717) is 6.42 Å². The van der Waals surface area contributed by atoms with Crippen LogP contribution in [0.5, 0.6) is 0 Å². The third-order valence-corrected chi connectivity index (χ3v) is 2.14. The second kappa shape index (κ2) is 2.94. The number of carbonyl (C=O) groups is 1. The van der Waals surface area contributed by atoms with Crippen LogP contribution in [-0.2, 0) is 11.2 Å². The largest absolute Gasteiger partial charge is 0.295 e. The molecule has 12 heavy (non-hydrogen) atoms. The number of allylic oxidation sites excluding steroid dienone is 1. The van der Waals surface area contributed by atoms with E-state index in [-0.39, 0.29) is 5.78 Å². The molecular weight excluding hydrogens is 148 g/mol. The molecule has 0 amide bonds. The highest BCUT2D eigenvalue weighted by Gasteiger charge is 2.06. The molecule has 0 spiro atoms. The fourth-order valence-electron chi connectivity index (χ4n) is 1.45. The Hall–Kier alpha value is -1.37. The van der Waals surface area contributed by atoms with Crippen molar-refractivity contribution in [3.05, 3.63) is 41.5 Å². The van der Waals surface area contributed by atoms with Gasteiger partial charge in [-0.15, -0.1) is 0 Å². The van der Waals surface area contributed by atoms with Crippen molar-refractivity contribution in [2.45, 2.75) is 12.8 Å². The zero-order valence-electron chi connectivity index (χ0n) is 6.79. The van der Waals surface area contributed by atoms with Crippen molar-refractivity contribution in [3.63, 3.8) is 0 Å². The van der Waals surface area contributed by atoms with Gasteiger partial charge in [-0.3, -0.25) is 4.79 Å². The number of carbonyl (C=O) groups excluding carboxylic acids is 1. The second-order valence-electron chi connectivity index (χ2n) is 3.00. The monoisotopic (exact) mass is 158 g/mol. The number of aryl methyl sites for hydroxylation is 1. The lowest BCUT2D eigenvalue weighted by atomic mass is 10.1. The summed E-state index contributed by atoms with van der Waals surface area (Å²) in [5.41, 5.74) is 2.46. The summed E-state index contributed by atoms with van der Waals surface area (Å²) in [7, 11) is 0. The Labute approximate surface area is 71.7 Å². The molecule has 0 radical (unpaired) electrons. The molecule has 60 valence electrons. The molecular formula is C11H10O. The number of hydrogen-bond donors (Lipinski definition) is 0. The normalized spacial score (nSPS) is 15.5. The molecule has 1 aliphatic carbocycles. The molecule has 0 aliphatic heterocycles. The van der Waals surface area contributed by atoms with Gasteiger partial charge in [-0.25, -0.2) is 0 Å². The first kappa shape index (κ1) is 7.29. The van der Waals surface area contributed by atoms with E-state index in [2.05, 4.69) is 6.07 Å². The molecule has 1 nitrogen and oxygen atoms in total. The van der Waals surface area contributed by atoms with Crippen LogP contribution < -0.4 is 0 Å².